The fraction of sp³-hybridized carbons (Fsp3) is 0.529. The smallest absolute Gasteiger partial charge is 0.338 e. The molecule has 0 radical (unpaired) electrons. The van der Waals surface area contributed by atoms with Gasteiger partial charge in [0.25, 0.3) is 0 Å². The van der Waals surface area contributed by atoms with Crippen molar-refractivity contribution < 1.29 is 48.6 Å². The molecule has 13 atom stereocenters. The molecule has 6 aliphatic rings. The van der Waals surface area contributed by atoms with Crippen molar-refractivity contribution >= 4 is 11.8 Å². The van der Waals surface area contributed by atoms with Gasteiger partial charge in [-0.2, -0.15) is 0 Å². The van der Waals surface area contributed by atoms with Gasteiger partial charge in [0, 0.05) is 29.2 Å². The molecule has 10 nitrogen and oxygen atoms in total. The van der Waals surface area contributed by atoms with Crippen LogP contribution in [0.4, 0.5) is 0 Å². The summed E-state index contributed by atoms with van der Waals surface area (Å²) in [7, 11) is 0. The normalized spacial score (nSPS) is 49.5. The van der Waals surface area contributed by atoms with Gasteiger partial charge < -0.3 is 39.0 Å². The van der Waals surface area contributed by atoms with Crippen molar-refractivity contribution in [2.75, 3.05) is 6.61 Å². The van der Waals surface area contributed by atoms with Crippen molar-refractivity contribution in [3.8, 4) is 0 Å². The molecule has 2 aromatic carbocycles. The van der Waals surface area contributed by atoms with Crippen LogP contribution >= 0.6 is 0 Å². The average Bonchev–Trinajstić information content (AvgIpc) is 3.65. The Labute approximate surface area is 254 Å². The van der Waals surface area contributed by atoms with Gasteiger partial charge in [-0.3, -0.25) is 4.79 Å². The Morgan fingerprint density at radius 2 is 1.68 bits per heavy atom. The number of ether oxygens (including phenoxy) is 5. The van der Waals surface area contributed by atoms with Gasteiger partial charge in [-0.15, -0.1) is 0 Å². The zero-order valence-corrected chi connectivity index (χ0v) is 24.7. The molecular weight excluding hydrogens is 568 g/mol. The molecule has 3 N–H and O–H groups in total. The third-order valence-electron chi connectivity index (χ3n) is 11.5. The van der Waals surface area contributed by atoms with Crippen molar-refractivity contribution in [2.24, 2.45) is 23.7 Å². The number of hydrogen-bond acceptors (Lipinski definition) is 10. The maximum Gasteiger partial charge on any atom is 0.338 e. The summed E-state index contributed by atoms with van der Waals surface area (Å²) in [5, 5.41) is 34.9. The summed E-state index contributed by atoms with van der Waals surface area (Å²) >= 11 is 0. The lowest BCUT2D eigenvalue weighted by Crippen LogP contribution is -2.76. The number of epoxide rings is 1. The van der Waals surface area contributed by atoms with Crippen molar-refractivity contribution in [1.29, 1.82) is 0 Å². The van der Waals surface area contributed by atoms with Crippen LogP contribution < -0.4 is 0 Å². The minimum Gasteiger partial charge on any atom is -0.455 e. The van der Waals surface area contributed by atoms with E-state index in [4.69, 9.17) is 23.7 Å². The first-order chi connectivity index (χ1) is 20.9. The van der Waals surface area contributed by atoms with Gasteiger partial charge in [0.1, 0.15) is 30.0 Å². The number of Topliss-reactive ketones (excluding diaryl/α,β-unsaturated/α-hetero) is 1. The van der Waals surface area contributed by atoms with Crippen molar-refractivity contribution in [3.05, 3.63) is 83.9 Å². The minimum atomic E-state index is -2.33. The predicted molar refractivity (Wildman–Crippen MR) is 152 cm³/mol. The number of aliphatic hydroxyl groups is 3. The highest BCUT2D eigenvalue weighted by atomic mass is 16.9. The average molecular weight is 605 g/mol. The largest absolute Gasteiger partial charge is 0.455 e. The molecule has 0 aromatic heterocycles. The summed E-state index contributed by atoms with van der Waals surface area (Å²) < 4.78 is 33.5. The van der Waals surface area contributed by atoms with E-state index >= 15 is 0 Å². The lowest BCUT2D eigenvalue weighted by molar-refractivity contribution is -0.443. The minimum absolute atomic E-state index is 0.179. The zero-order chi connectivity index (χ0) is 31.0. The Kier molecular flexibility index (Phi) is 5.73. The second-order valence-electron chi connectivity index (χ2n) is 13.5. The standard InChI is InChI=1S/C34H36O10/c1-17(2)32-25(40-28(37)20-11-7-5-8-12-20)19(4)33-22-15-18(3)24(36)31(22,39)29(38)30(16-35)26(41-30)23(33)27(32)42-34(43-32,44-33)21-13-9-6-10-14-21/h5-14,18-19,22-23,25-27,29,35,38-39H,1,15-16H2,2-4H3/t18-,19+,22+,23-,25+,26-,27+,29+,30-,31+,32-,33-,34?/m1/s1. The first-order valence-electron chi connectivity index (χ1n) is 15.2. The fourth-order valence-electron chi connectivity index (χ4n) is 9.52. The molecule has 3 saturated carbocycles. The predicted octanol–water partition coefficient (Wildman–Crippen LogP) is 2.25. The highest BCUT2D eigenvalue weighted by molar-refractivity contribution is 5.93. The Morgan fingerprint density at radius 3 is 2.32 bits per heavy atom. The molecule has 3 aliphatic carbocycles. The van der Waals surface area contributed by atoms with Gasteiger partial charge >= 0.3 is 11.9 Å². The van der Waals surface area contributed by atoms with E-state index in [1.165, 1.54) is 0 Å². The zero-order valence-electron chi connectivity index (χ0n) is 24.7. The Bertz CT molecular complexity index is 1560. The van der Waals surface area contributed by atoms with Crippen LogP contribution in [0.1, 0.15) is 43.1 Å². The van der Waals surface area contributed by atoms with Crippen LogP contribution in [0.15, 0.2) is 72.8 Å². The first-order valence-corrected chi connectivity index (χ1v) is 15.2. The van der Waals surface area contributed by atoms with Gasteiger partial charge in [0.05, 0.1) is 17.8 Å². The molecule has 1 unspecified atom stereocenters. The number of esters is 1. The van der Waals surface area contributed by atoms with Crippen LogP contribution in [0.3, 0.4) is 0 Å². The Hall–Kier alpha value is -2.96. The molecule has 0 spiro atoms. The summed E-state index contributed by atoms with van der Waals surface area (Å²) in [6, 6.07) is 17.7. The first kappa shape index (κ1) is 28.5. The summed E-state index contributed by atoms with van der Waals surface area (Å²) in [4.78, 5) is 27.6. The number of benzene rings is 2. The van der Waals surface area contributed by atoms with E-state index in [9.17, 15) is 24.9 Å². The summed E-state index contributed by atoms with van der Waals surface area (Å²) in [6.45, 7) is 9.02. The molecule has 6 fully saturated rings. The van der Waals surface area contributed by atoms with Crippen LogP contribution in [0.2, 0.25) is 0 Å². The Balaban J connectivity index is 1.40. The maximum absolute atomic E-state index is 13.9. The molecule has 3 saturated heterocycles. The number of fused-ring (bicyclic) bond motifs is 3. The highest BCUT2D eigenvalue weighted by Crippen LogP contribution is 2.74. The number of carbonyl (C=O) groups is 2. The highest BCUT2D eigenvalue weighted by Gasteiger charge is 2.91. The number of carbonyl (C=O) groups excluding carboxylic acids is 2. The number of ketones is 1. The molecule has 44 heavy (non-hydrogen) atoms. The molecule has 232 valence electrons. The molecule has 3 heterocycles. The van der Waals surface area contributed by atoms with E-state index in [0.717, 1.165) is 0 Å². The van der Waals surface area contributed by atoms with Crippen LogP contribution in [0.5, 0.6) is 0 Å². The van der Waals surface area contributed by atoms with Crippen LogP contribution in [-0.4, -0.2) is 80.5 Å². The maximum atomic E-state index is 13.9. The van der Waals surface area contributed by atoms with Gasteiger partial charge in [0.2, 0.25) is 0 Å². The van der Waals surface area contributed by atoms with E-state index < -0.39 is 94.8 Å². The monoisotopic (exact) mass is 604 g/mol. The van der Waals surface area contributed by atoms with E-state index in [-0.39, 0.29) is 6.42 Å². The van der Waals surface area contributed by atoms with Gasteiger partial charge in [0.15, 0.2) is 17.0 Å². The van der Waals surface area contributed by atoms with Crippen molar-refractivity contribution in [3.63, 3.8) is 0 Å². The van der Waals surface area contributed by atoms with E-state index in [2.05, 4.69) is 6.58 Å². The third-order valence-corrected chi connectivity index (χ3v) is 11.5. The molecule has 10 heteroatoms. The molecule has 3 aliphatic heterocycles. The van der Waals surface area contributed by atoms with Crippen LogP contribution in [0.25, 0.3) is 0 Å². The molecule has 0 amide bonds. The van der Waals surface area contributed by atoms with Gasteiger partial charge in [-0.1, -0.05) is 69.0 Å². The van der Waals surface area contributed by atoms with E-state index in [1.807, 2.05) is 25.1 Å². The van der Waals surface area contributed by atoms with E-state index in [1.54, 1.807) is 56.3 Å². The third kappa shape index (κ3) is 3.05. The number of aliphatic hydroxyl groups excluding tert-OH is 2. The van der Waals surface area contributed by atoms with Crippen molar-refractivity contribution in [1.82, 2.24) is 0 Å². The molecular formula is C34H36O10. The van der Waals surface area contributed by atoms with Gasteiger partial charge in [-0.05, 0) is 31.1 Å². The SMILES string of the molecule is C=C(C)[C@]12OC3(c4ccccc4)O[C@H]1[C@H]1[C@H]4O[C@@]4(CO)[C@H](O)[C@@]4(O)C(=O)[C@H](C)C[C@@H]4[C@]1(O3)[C@@H](C)[C@@H]2OC(=O)c1ccccc1. The number of hydrogen-bond donors (Lipinski definition) is 3. The quantitative estimate of drug-likeness (QED) is 0.264. The fourth-order valence-corrected chi connectivity index (χ4v) is 9.52. The van der Waals surface area contributed by atoms with Crippen molar-refractivity contribution in [2.45, 2.75) is 80.0 Å². The van der Waals surface area contributed by atoms with Gasteiger partial charge in [-0.25, -0.2) is 4.79 Å². The molecule has 8 rings (SSSR count). The number of rotatable bonds is 5. The van der Waals surface area contributed by atoms with Crippen LogP contribution in [-0.2, 0) is 34.5 Å². The summed E-state index contributed by atoms with van der Waals surface area (Å²) in [6.07, 6.45) is -4.39. The molecule has 2 aromatic rings. The second-order valence-corrected chi connectivity index (χ2v) is 13.5. The van der Waals surface area contributed by atoms with E-state index in [0.29, 0.717) is 16.7 Å². The topological polar surface area (TPSA) is 144 Å². The molecule has 3 bridgehead atoms. The van der Waals surface area contributed by atoms with Crippen LogP contribution in [0, 0.1) is 23.7 Å². The second kappa shape index (κ2) is 8.85. The Morgan fingerprint density at radius 1 is 1.02 bits per heavy atom. The lowest BCUT2D eigenvalue weighted by Gasteiger charge is -2.61. The summed E-state index contributed by atoms with van der Waals surface area (Å²) in [5.74, 6) is -6.07. The lowest BCUT2D eigenvalue weighted by atomic mass is 9.52. The summed E-state index contributed by atoms with van der Waals surface area (Å²) in [5.41, 5.74) is -5.52.